The summed E-state index contributed by atoms with van der Waals surface area (Å²) in [5.74, 6) is 0. The Morgan fingerprint density at radius 2 is 2.30 bits per heavy atom. The summed E-state index contributed by atoms with van der Waals surface area (Å²) < 4.78 is 0. The topological polar surface area (TPSA) is 36.4 Å². The Labute approximate surface area is 62.2 Å². The third kappa shape index (κ3) is 3.95. The lowest BCUT2D eigenvalue weighted by atomic mass is 10.5. The first kappa shape index (κ1) is 9.01. The van der Waals surface area contributed by atoms with E-state index in [0.717, 1.165) is 12.2 Å². The molecule has 0 radical (unpaired) electrons. The molecule has 0 rings (SSSR count). The van der Waals surface area contributed by atoms with Gasteiger partial charge in [0.15, 0.2) is 0 Å². The highest BCUT2D eigenvalue weighted by Gasteiger charge is 1.82. The van der Waals surface area contributed by atoms with E-state index in [-0.39, 0.29) is 0 Å². The molecule has 3 heteroatoms. The van der Waals surface area contributed by atoms with Gasteiger partial charge in [0.25, 0.3) is 0 Å². The van der Waals surface area contributed by atoms with Crippen molar-refractivity contribution in [2.75, 3.05) is 20.6 Å². The maximum Gasteiger partial charge on any atom is 0.0678 e. The molecule has 0 spiro atoms. The molecule has 0 aromatic rings. The predicted molar refractivity (Wildman–Crippen MR) is 45.2 cm³/mol. The van der Waals surface area contributed by atoms with Crippen LogP contribution in [0.4, 0.5) is 0 Å². The molecular formula is C7H15N3. The molecule has 2 N–H and O–H groups in total. The van der Waals surface area contributed by atoms with Crippen LogP contribution in [0.1, 0.15) is 6.92 Å². The van der Waals surface area contributed by atoms with Crippen LogP contribution in [0.25, 0.3) is 0 Å². The van der Waals surface area contributed by atoms with Crippen LogP contribution in [0, 0.1) is 0 Å². The summed E-state index contributed by atoms with van der Waals surface area (Å²) in [5, 5.41) is 6.06. The van der Waals surface area contributed by atoms with E-state index in [1.807, 2.05) is 20.2 Å². The lowest BCUT2D eigenvalue weighted by Gasteiger charge is -1.99. The summed E-state index contributed by atoms with van der Waals surface area (Å²) in [6.45, 7) is 2.98. The van der Waals surface area contributed by atoms with Crippen molar-refractivity contribution in [1.29, 1.82) is 0 Å². The van der Waals surface area contributed by atoms with Crippen LogP contribution in [0.2, 0.25) is 0 Å². The van der Waals surface area contributed by atoms with Crippen LogP contribution in [0.5, 0.6) is 0 Å². The number of hydrogen-bond donors (Lipinski definition) is 2. The van der Waals surface area contributed by atoms with Gasteiger partial charge in [0.05, 0.1) is 5.70 Å². The maximum absolute atomic E-state index is 3.86. The van der Waals surface area contributed by atoms with Crippen LogP contribution in [-0.4, -0.2) is 26.9 Å². The van der Waals surface area contributed by atoms with Crippen LogP contribution < -0.4 is 10.6 Å². The summed E-state index contributed by atoms with van der Waals surface area (Å²) >= 11 is 0. The van der Waals surface area contributed by atoms with E-state index in [4.69, 9.17) is 0 Å². The van der Waals surface area contributed by atoms with Crippen molar-refractivity contribution in [3.8, 4) is 0 Å². The second-order valence-corrected chi connectivity index (χ2v) is 1.79. The molecule has 0 unspecified atom stereocenters. The number of aliphatic imine (C=N–C) groups is 1. The molecule has 0 aliphatic rings. The zero-order valence-corrected chi connectivity index (χ0v) is 6.81. The van der Waals surface area contributed by atoms with Gasteiger partial charge in [0, 0.05) is 33.1 Å². The number of nitrogens with zero attached hydrogens (tertiary/aromatic N) is 1. The first-order chi connectivity index (χ1) is 4.85. The SMILES string of the molecule is CCN/C=C(\C=NC)NC. The minimum absolute atomic E-state index is 0.933. The van der Waals surface area contributed by atoms with E-state index < -0.39 is 0 Å². The number of allylic oxidation sites excluding steroid dienone is 1. The molecule has 10 heavy (non-hydrogen) atoms. The zero-order chi connectivity index (χ0) is 7.82. The molecule has 0 aromatic carbocycles. The van der Waals surface area contributed by atoms with Crippen molar-refractivity contribution in [2.45, 2.75) is 6.92 Å². The number of rotatable bonds is 4. The minimum atomic E-state index is 0.933. The molecule has 0 saturated carbocycles. The Morgan fingerprint density at radius 3 is 2.70 bits per heavy atom. The Bertz CT molecular complexity index is 127. The van der Waals surface area contributed by atoms with Gasteiger partial charge in [0.2, 0.25) is 0 Å². The molecule has 3 nitrogen and oxygen atoms in total. The van der Waals surface area contributed by atoms with Crippen molar-refractivity contribution in [2.24, 2.45) is 4.99 Å². The highest BCUT2D eigenvalue weighted by atomic mass is 14.9. The monoisotopic (exact) mass is 141 g/mol. The van der Waals surface area contributed by atoms with E-state index in [2.05, 4.69) is 15.6 Å². The molecule has 0 heterocycles. The Morgan fingerprint density at radius 1 is 1.60 bits per heavy atom. The van der Waals surface area contributed by atoms with Gasteiger partial charge in [-0.25, -0.2) is 0 Å². The van der Waals surface area contributed by atoms with Gasteiger partial charge in [-0.2, -0.15) is 0 Å². The van der Waals surface area contributed by atoms with E-state index in [1.54, 1.807) is 13.3 Å². The largest absolute Gasteiger partial charge is 0.389 e. The highest BCUT2D eigenvalue weighted by molar-refractivity contribution is 5.77. The number of nitrogens with one attached hydrogen (secondary N) is 2. The molecule has 0 aliphatic carbocycles. The summed E-state index contributed by atoms with van der Waals surface area (Å²) in [4.78, 5) is 3.86. The van der Waals surface area contributed by atoms with Crippen LogP contribution >= 0.6 is 0 Å². The summed E-state index contributed by atoms with van der Waals surface area (Å²) in [6.07, 6.45) is 3.66. The van der Waals surface area contributed by atoms with Gasteiger partial charge in [-0.1, -0.05) is 0 Å². The van der Waals surface area contributed by atoms with Crippen LogP contribution in [0.15, 0.2) is 16.9 Å². The van der Waals surface area contributed by atoms with Crippen LogP contribution in [-0.2, 0) is 0 Å². The Kier molecular flexibility index (Phi) is 5.53. The van der Waals surface area contributed by atoms with Gasteiger partial charge in [-0.3, -0.25) is 4.99 Å². The Balaban J connectivity index is 3.78. The molecule has 0 amide bonds. The molecule has 0 fully saturated rings. The van der Waals surface area contributed by atoms with Crippen molar-refractivity contribution < 1.29 is 0 Å². The third-order valence-electron chi connectivity index (χ3n) is 1.02. The summed E-state index contributed by atoms with van der Waals surface area (Å²) in [6, 6.07) is 0. The van der Waals surface area contributed by atoms with Crippen molar-refractivity contribution in [3.63, 3.8) is 0 Å². The van der Waals surface area contributed by atoms with E-state index in [1.165, 1.54) is 0 Å². The molecule has 0 aliphatic heterocycles. The van der Waals surface area contributed by atoms with Gasteiger partial charge in [-0.15, -0.1) is 0 Å². The lowest BCUT2D eigenvalue weighted by molar-refractivity contribution is 0.894. The van der Waals surface area contributed by atoms with Crippen molar-refractivity contribution in [1.82, 2.24) is 10.6 Å². The third-order valence-corrected chi connectivity index (χ3v) is 1.02. The fourth-order valence-corrected chi connectivity index (χ4v) is 0.525. The molecule has 0 atom stereocenters. The first-order valence-corrected chi connectivity index (χ1v) is 3.38. The van der Waals surface area contributed by atoms with Gasteiger partial charge in [-0.05, 0) is 6.92 Å². The first-order valence-electron chi connectivity index (χ1n) is 3.38. The second kappa shape index (κ2) is 6.13. The molecular weight excluding hydrogens is 126 g/mol. The molecule has 0 saturated heterocycles. The second-order valence-electron chi connectivity index (χ2n) is 1.79. The fourth-order valence-electron chi connectivity index (χ4n) is 0.525. The van der Waals surface area contributed by atoms with Crippen LogP contribution in [0.3, 0.4) is 0 Å². The molecule has 58 valence electrons. The van der Waals surface area contributed by atoms with Crippen molar-refractivity contribution >= 4 is 6.21 Å². The smallest absolute Gasteiger partial charge is 0.0678 e. The maximum atomic E-state index is 3.86. The summed E-state index contributed by atoms with van der Waals surface area (Å²) in [7, 11) is 3.61. The molecule has 0 aromatic heterocycles. The zero-order valence-electron chi connectivity index (χ0n) is 6.81. The fraction of sp³-hybridized carbons (Fsp3) is 0.571. The van der Waals surface area contributed by atoms with Crippen molar-refractivity contribution in [3.05, 3.63) is 11.9 Å². The predicted octanol–water partition coefficient (Wildman–Crippen LogP) is 0.357. The van der Waals surface area contributed by atoms with E-state index >= 15 is 0 Å². The van der Waals surface area contributed by atoms with Gasteiger partial charge in [0.1, 0.15) is 0 Å². The number of hydrogen-bond acceptors (Lipinski definition) is 3. The normalized spacial score (nSPS) is 12.1. The van der Waals surface area contributed by atoms with Gasteiger partial charge < -0.3 is 10.6 Å². The minimum Gasteiger partial charge on any atom is -0.389 e. The van der Waals surface area contributed by atoms with E-state index in [0.29, 0.717) is 0 Å². The average molecular weight is 141 g/mol. The summed E-state index contributed by atoms with van der Waals surface area (Å²) in [5.41, 5.74) is 0.990. The Hall–Kier alpha value is -0.990. The molecule has 0 bridgehead atoms. The quantitative estimate of drug-likeness (QED) is 0.554. The van der Waals surface area contributed by atoms with Gasteiger partial charge >= 0.3 is 0 Å². The standard InChI is InChI=1S/C7H15N3/c1-4-10-6-7(9-3)5-8-2/h5-6,9-10H,4H2,1-3H3/b7-6+,8-5?. The van der Waals surface area contributed by atoms with E-state index in [9.17, 15) is 0 Å². The highest BCUT2D eigenvalue weighted by Crippen LogP contribution is 1.78. The lowest BCUT2D eigenvalue weighted by Crippen LogP contribution is -2.13. The average Bonchev–Trinajstić information content (AvgIpc) is 1.98.